The Bertz CT molecular complexity index is 931. The van der Waals surface area contributed by atoms with Crippen molar-refractivity contribution < 1.29 is 9.59 Å². The fourth-order valence-corrected chi connectivity index (χ4v) is 6.50. The molecule has 6 rings (SSSR count). The van der Waals surface area contributed by atoms with Crippen LogP contribution < -0.4 is 10.6 Å². The van der Waals surface area contributed by atoms with E-state index in [2.05, 4.69) is 25.8 Å². The number of rotatable bonds is 6. The molecule has 2 aromatic rings. The molecule has 1 heterocycles. The molecule has 4 fully saturated rings. The van der Waals surface area contributed by atoms with E-state index < -0.39 is 0 Å². The fourth-order valence-electron chi connectivity index (χ4n) is 6.50. The van der Waals surface area contributed by atoms with E-state index in [0.29, 0.717) is 17.9 Å². The van der Waals surface area contributed by atoms with Crippen LogP contribution in [0.25, 0.3) is 11.4 Å². The Morgan fingerprint density at radius 2 is 1.80 bits per heavy atom. The zero-order chi connectivity index (χ0) is 20.7. The molecule has 0 saturated heterocycles. The third kappa shape index (κ3) is 3.98. The number of nitrogens with one attached hydrogen (secondary N) is 3. The maximum Gasteiger partial charge on any atom is 0.243 e. The molecule has 4 aliphatic rings. The van der Waals surface area contributed by atoms with Crippen LogP contribution in [0, 0.1) is 30.1 Å². The maximum absolute atomic E-state index is 12.6. The summed E-state index contributed by atoms with van der Waals surface area (Å²) in [6.07, 6.45) is 8.29. The number of benzene rings is 1. The lowest BCUT2D eigenvalue weighted by molar-refractivity contribution is -0.131. The van der Waals surface area contributed by atoms with Gasteiger partial charge in [-0.1, -0.05) is 12.1 Å². The van der Waals surface area contributed by atoms with Crippen LogP contribution in [-0.2, 0) is 9.59 Å². The van der Waals surface area contributed by atoms with Crippen molar-refractivity contribution in [3.63, 3.8) is 0 Å². The summed E-state index contributed by atoms with van der Waals surface area (Å²) >= 11 is 0. The van der Waals surface area contributed by atoms with E-state index in [0.717, 1.165) is 29.1 Å². The summed E-state index contributed by atoms with van der Waals surface area (Å²) in [6.45, 7) is 1.84. The second-order valence-electron chi connectivity index (χ2n) is 9.74. The van der Waals surface area contributed by atoms with Gasteiger partial charge in [0.2, 0.25) is 11.8 Å². The molecule has 4 aliphatic carbocycles. The number of aromatic amines is 1. The topological polar surface area (TPSA) is 99.8 Å². The molecule has 7 heteroatoms. The molecule has 1 aromatic carbocycles. The van der Waals surface area contributed by atoms with Crippen molar-refractivity contribution in [1.82, 2.24) is 20.5 Å². The van der Waals surface area contributed by atoms with E-state index in [9.17, 15) is 9.59 Å². The zero-order valence-electron chi connectivity index (χ0n) is 17.4. The van der Waals surface area contributed by atoms with Crippen molar-refractivity contribution in [3.8, 4) is 11.4 Å². The molecule has 3 N–H and O–H groups in total. The van der Waals surface area contributed by atoms with Gasteiger partial charge >= 0.3 is 0 Å². The van der Waals surface area contributed by atoms with Crippen molar-refractivity contribution in [2.75, 3.05) is 11.9 Å². The fraction of sp³-hybridized carbons (Fsp3) is 0.565. The molecule has 1 aromatic heterocycles. The SMILES string of the molecule is Cc1nc(-c2cccc(NC(=O)CNC(=O)CC34CC5CC(CC(C5)C3)C4)c2)n[nH]1. The van der Waals surface area contributed by atoms with Crippen LogP contribution in [0.4, 0.5) is 5.69 Å². The van der Waals surface area contributed by atoms with Gasteiger partial charge in [-0.3, -0.25) is 14.7 Å². The average Bonchev–Trinajstić information content (AvgIpc) is 3.12. The highest BCUT2D eigenvalue weighted by molar-refractivity contribution is 5.95. The highest BCUT2D eigenvalue weighted by Crippen LogP contribution is 2.61. The van der Waals surface area contributed by atoms with Gasteiger partial charge in [0.05, 0.1) is 6.54 Å². The number of hydrogen-bond donors (Lipinski definition) is 3. The normalized spacial score (nSPS) is 29.0. The minimum absolute atomic E-state index is 0.00477. The monoisotopic (exact) mass is 407 g/mol. The summed E-state index contributed by atoms with van der Waals surface area (Å²) in [5.41, 5.74) is 1.68. The van der Waals surface area contributed by atoms with Crippen LogP contribution in [-0.4, -0.2) is 33.5 Å². The van der Waals surface area contributed by atoms with Gasteiger partial charge in [-0.25, -0.2) is 4.98 Å². The molecule has 30 heavy (non-hydrogen) atoms. The maximum atomic E-state index is 12.6. The van der Waals surface area contributed by atoms with Gasteiger partial charge in [-0.2, -0.15) is 5.10 Å². The minimum Gasteiger partial charge on any atom is -0.347 e. The first-order chi connectivity index (χ1) is 14.5. The van der Waals surface area contributed by atoms with Crippen molar-refractivity contribution in [2.45, 2.75) is 51.9 Å². The lowest BCUT2D eigenvalue weighted by Crippen LogP contribution is -2.48. The first kappa shape index (κ1) is 19.3. The highest BCUT2D eigenvalue weighted by Gasteiger charge is 2.51. The van der Waals surface area contributed by atoms with Crippen molar-refractivity contribution in [1.29, 1.82) is 0 Å². The van der Waals surface area contributed by atoms with Crippen molar-refractivity contribution in [3.05, 3.63) is 30.1 Å². The molecular weight excluding hydrogens is 378 g/mol. The summed E-state index contributed by atoms with van der Waals surface area (Å²) in [4.78, 5) is 29.3. The predicted octanol–water partition coefficient (Wildman–Crippen LogP) is 3.44. The van der Waals surface area contributed by atoms with Crippen LogP contribution in [0.2, 0.25) is 0 Å². The number of carbonyl (C=O) groups excluding carboxylic acids is 2. The van der Waals surface area contributed by atoms with Gasteiger partial charge in [0, 0.05) is 17.7 Å². The smallest absolute Gasteiger partial charge is 0.243 e. The molecule has 2 amide bonds. The minimum atomic E-state index is -0.225. The highest BCUT2D eigenvalue weighted by atomic mass is 16.2. The number of hydrogen-bond acceptors (Lipinski definition) is 4. The zero-order valence-corrected chi connectivity index (χ0v) is 17.4. The molecule has 4 saturated carbocycles. The van der Waals surface area contributed by atoms with E-state index in [1.807, 2.05) is 31.2 Å². The third-order valence-electron chi connectivity index (χ3n) is 7.15. The summed E-state index contributed by atoms with van der Waals surface area (Å²) in [5, 5.41) is 12.7. The quantitative estimate of drug-likeness (QED) is 0.683. The van der Waals surface area contributed by atoms with Gasteiger partial charge in [-0.15, -0.1) is 0 Å². The van der Waals surface area contributed by atoms with Gasteiger partial charge < -0.3 is 10.6 Å². The second-order valence-corrected chi connectivity index (χ2v) is 9.74. The first-order valence-electron chi connectivity index (χ1n) is 11.0. The number of anilines is 1. The van der Waals surface area contributed by atoms with Crippen molar-refractivity contribution in [2.24, 2.45) is 23.2 Å². The van der Waals surface area contributed by atoms with Gasteiger partial charge in [0.25, 0.3) is 0 Å². The summed E-state index contributed by atoms with van der Waals surface area (Å²) in [6, 6.07) is 7.39. The molecule has 0 radical (unpaired) electrons. The lowest BCUT2D eigenvalue weighted by atomic mass is 9.49. The molecule has 0 spiro atoms. The largest absolute Gasteiger partial charge is 0.347 e. The Labute approximate surface area is 176 Å². The molecule has 7 nitrogen and oxygen atoms in total. The lowest BCUT2D eigenvalue weighted by Gasteiger charge is -2.56. The summed E-state index contributed by atoms with van der Waals surface area (Å²) in [7, 11) is 0. The van der Waals surface area contributed by atoms with Crippen molar-refractivity contribution >= 4 is 17.5 Å². The number of carbonyl (C=O) groups is 2. The van der Waals surface area contributed by atoms with Crippen LogP contribution in [0.3, 0.4) is 0 Å². The number of H-pyrrole nitrogens is 1. The number of aromatic nitrogens is 3. The van der Waals surface area contributed by atoms with Crippen LogP contribution in [0.15, 0.2) is 24.3 Å². The van der Waals surface area contributed by atoms with Gasteiger partial charge in [-0.05, 0) is 80.8 Å². The number of nitrogens with zero attached hydrogens (tertiary/aromatic N) is 2. The molecular formula is C23H29N5O2. The van der Waals surface area contributed by atoms with Crippen LogP contribution in [0.1, 0.15) is 50.8 Å². The van der Waals surface area contributed by atoms with E-state index in [1.165, 1.54) is 38.5 Å². The van der Waals surface area contributed by atoms with E-state index in [-0.39, 0.29) is 23.8 Å². The van der Waals surface area contributed by atoms with Gasteiger partial charge in [0.15, 0.2) is 5.82 Å². The van der Waals surface area contributed by atoms with Crippen LogP contribution >= 0.6 is 0 Å². The van der Waals surface area contributed by atoms with E-state index in [1.54, 1.807) is 0 Å². The average molecular weight is 408 g/mol. The number of amides is 2. The Morgan fingerprint density at radius 1 is 1.10 bits per heavy atom. The number of aryl methyl sites for hydroxylation is 1. The molecule has 0 aliphatic heterocycles. The first-order valence-corrected chi connectivity index (χ1v) is 11.0. The molecule has 0 unspecified atom stereocenters. The van der Waals surface area contributed by atoms with Gasteiger partial charge in [0.1, 0.15) is 5.82 Å². The second kappa shape index (κ2) is 7.52. The summed E-state index contributed by atoms with van der Waals surface area (Å²) < 4.78 is 0. The standard InChI is InChI=1S/C23H29N5O2/c1-14-25-22(28-27-14)18-3-2-4-19(8-18)26-21(30)13-24-20(29)12-23-9-15-5-16(10-23)7-17(6-15)11-23/h2-4,8,15-17H,5-7,9-13H2,1H3,(H,24,29)(H,26,30)(H,25,27,28). The molecule has 158 valence electrons. The summed E-state index contributed by atoms with van der Waals surface area (Å²) in [5.74, 6) is 3.59. The Morgan fingerprint density at radius 3 is 2.43 bits per heavy atom. The molecule has 0 atom stereocenters. The predicted molar refractivity (Wildman–Crippen MR) is 113 cm³/mol. The molecule has 4 bridgehead atoms. The third-order valence-corrected chi connectivity index (χ3v) is 7.15. The van der Waals surface area contributed by atoms with E-state index >= 15 is 0 Å². The van der Waals surface area contributed by atoms with E-state index in [4.69, 9.17) is 0 Å². The van der Waals surface area contributed by atoms with Crippen LogP contribution in [0.5, 0.6) is 0 Å². The Balaban J connectivity index is 1.14. The Hall–Kier alpha value is -2.70. The Kier molecular flexibility index (Phi) is 4.83.